The van der Waals surface area contributed by atoms with Crippen LogP contribution < -0.4 is 10.5 Å². The van der Waals surface area contributed by atoms with E-state index in [1.165, 1.54) is 24.4 Å². The van der Waals surface area contributed by atoms with E-state index in [2.05, 4.69) is 11.1 Å². The molecule has 3 aromatic rings. The lowest BCUT2D eigenvalue weighted by Crippen LogP contribution is -2.21. The first-order valence-electron chi connectivity index (χ1n) is 8.86. The van der Waals surface area contributed by atoms with Crippen LogP contribution in [0.4, 0.5) is 10.1 Å². The molecule has 0 radical (unpaired) electrons. The van der Waals surface area contributed by atoms with E-state index in [0.717, 1.165) is 5.56 Å². The van der Waals surface area contributed by atoms with Crippen molar-refractivity contribution in [3.63, 3.8) is 0 Å². The fourth-order valence-corrected chi connectivity index (χ4v) is 3.30. The molecule has 4 rings (SSSR count). The van der Waals surface area contributed by atoms with E-state index in [9.17, 15) is 14.8 Å². The summed E-state index contributed by atoms with van der Waals surface area (Å²) in [6.07, 6.45) is 1.44. The number of phenolic OH excluding ortho intramolecular Hbond substituents is 1. The van der Waals surface area contributed by atoms with Gasteiger partial charge >= 0.3 is 0 Å². The molecule has 1 aliphatic rings. The summed E-state index contributed by atoms with van der Waals surface area (Å²) in [4.78, 5) is 4.23. The van der Waals surface area contributed by atoms with Crippen molar-refractivity contribution in [1.29, 1.82) is 5.26 Å². The molecule has 1 aliphatic heterocycles. The summed E-state index contributed by atoms with van der Waals surface area (Å²) in [6.45, 7) is 0. The lowest BCUT2D eigenvalue weighted by atomic mass is 9.83. The molecule has 0 saturated heterocycles. The Morgan fingerprint density at radius 3 is 2.62 bits per heavy atom. The molecule has 0 amide bonds. The molecule has 3 aromatic carbocycles. The molecule has 29 heavy (non-hydrogen) atoms. The van der Waals surface area contributed by atoms with Gasteiger partial charge in [-0.15, -0.1) is 0 Å². The number of hydrogen-bond donors (Lipinski definition) is 2. The number of aromatic hydroxyl groups is 1. The van der Waals surface area contributed by atoms with E-state index in [1.54, 1.807) is 18.2 Å². The van der Waals surface area contributed by atoms with Crippen molar-refractivity contribution < 1.29 is 14.2 Å². The average Bonchev–Trinajstić information content (AvgIpc) is 2.72. The summed E-state index contributed by atoms with van der Waals surface area (Å²) in [5, 5.41) is 20.0. The second-order valence-electron chi connectivity index (χ2n) is 6.52. The van der Waals surface area contributed by atoms with Crippen molar-refractivity contribution in [3.8, 4) is 17.6 Å². The largest absolute Gasteiger partial charge is 0.507 e. The Morgan fingerprint density at radius 1 is 1.10 bits per heavy atom. The Morgan fingerprint density at radius 2 is 1.90 bits per heavy atom. The van der Waals surface area contributed by atoms with Gasteiger partial charge in [0.05, 0.1) is 11.6 Å². The van der Waals surface area contributed by atoms with Crippen LogP contribution in [0, 0.1) is 17.1 Å². The number of phenols is 1. The number of hydrogen-bond acceptors (Lipinski definition) is 5. The van der Waals surface area contributed by atoms with E-state index in [4.69, 9.17) is 10.5 Å². The van der Waals surface area contributed by atoms with Crippen LogP contribution in [0.25, 0.3) is 0 Å². The minimum Gasteiger partial charge on any atom is -0.507 e. The van der Waals surface area contributed by atoms with E-state index >= 15 is 0 Å². The third-order valence-corrected chi connectivity index (χ3v) is 4.66. The summed E-state index contributed by atoms with van der Waals surface area (Å²) in [7, 11) is 0. The number of halogens is 1. The van der Waals surface area contributed by atoms with E-state index in [1.807, 2.05) is 30.3 Å². The number of fused-ring (bicyclic) bond motifs is 1. The predicted molar refractivity (Wildman–Crippen MR) is 108 cm³/mol. The zero-order valence-electron chi connectivity index (χ0n) is 15.2. The molecule has 0 bridgehead atoms. The zero-order chi connectivity index (χ0) is 20.4. The molecule has 1 atom stereocenters. The monoisotopic (exact) mass is 385 g/mol. The summed E-state index contributed by atoms with van der Waals surface area (Å²) in [6, 6.07) is 20.6. The zero-order valence-corrected chi connectivity index (χ0v) is 15.2. The second kappa shape index (κ2) is 7.49. The SMILES string of the molecule is N#CC1=C(N)Oc2cc(O)c(C=Nc3cccc(F)c3)cc2C1c1ccccc1. The summed E-state index contributed by atoms with van der Waals surface area (Å²) in [5.74, 6) is -0.521. The van der Waals surface area contributed by atoms with Crippen LogP contribution in [-0.2, 0) is 0 Å². The number of nitrogens with zero attached hydrogens (tertiary/aromatic N) is 2. The van der Waals surface area contributed by atoms with Crippen LogP contribution in [0.15, 0.2) is 83.2 Å². The van der Waals surface area contributed by atoms with Crippen LogP contribution in [0.2, 0.25) is 0 Å². The van der Waals surface area contributed by atoms with Gasteiger partial charge in [0.2, 0.25) is 5.88 Å². The first kappa shape index (κ1) is 18.3. The Bertz CT molecular complexity index is 1180. The Hall–Kier alpha value is -4.11. The number of nitriles is 1. The molecular formula is C23H16FN3O2. The highest BCUT2D eigenvalue weighted by Gasteiger charge is 2.31. The fourth-order valence-electron chi connectivity index (χ4n) is 3.30. The molecule has 0 spiro atoms. The molecule has 0 aromatic heterocycles. The maximum absolute atomic E-state index is 13.4. The molecule has 3 N–H and O–H groups in total. The lowest BCUT2D eigenvalue weighted by molar-refractivity contribution is 0.388. The van der Waals surface area contributed by atoms with Gasteiger partial charge in [-0.1, -0.05) is 36.4 Å². The number of benzene rings is 3. The highest BCUT2D eigenvalue weighted by atomic mass is 19.1. The van der Waals surface area contributed by atoms with Gasteiger partial charge < -0.3 is 15.6 Å². The highest BCUT2D eigenvalue weighted by molar-refractivity contribution is 5.86. The summed E-state index contributed by atoms with van der Waals surface area (Å²) < 4.78 is 18.9. The third-order valence-electron chi connectivity index (χ3n) is 4.66. The quantitative estimate of drug-likeness (QED) is 0.650. The van der Waals surface area contributed by atoms with Gasteiger partial charge in [0.1, 0.15) is 29.0 Å². The Labute approximate surface area is 166 Å². The molecule has 1 heterocycles. The fraction of sp³-hybridized carbons (Fsp3) is 0.0435. The smallest absolute Gasteiger partial charge is 0.205 e. The maximum atomic E-state index is 13.4. The average molecular weight is 385 g/mol. The normalized spacial score (nSPS) is 15.7. The van der Waals surface area contributed by atoms with Gasteiger partial charge in [0.25, 0.3) is 0 Å². The Kier molecular flexibility index (Phi) is 4.71. The molecule has 142 valence electrons. The van der Waals surface area contributed by atoms with Crippen LogP contribution in [-0.4, -0.2) is 11.3 Å². The van der Waals surface area contributed by atoms with Gasteiger partial charge in [-0.25, -0.2) is 4.39 Å². The lowest BCUT2D eigenvalue weighted by Gasteiger charge is -2.27. The van der Waals surface area contributed by atoms with Gasteiger partial charge in [-0.2, -0.15) is 5.26 Å². The van der Waals surface area contributed by atoms with Crippen molar-refractivity contribution in [2.45, 2.75) is 5.92 Å². The number of nitrogens with two attached hydrogens (primary N) is 1. The Balaban J connectivity index is 1.82. The second-order valence-corrected chi connectivity index (χ2v) is 6.52. The number of allylic oxidation sites excluding steroid dienone is 1. The molecule has 5 nitrogen and oxygen atoms in total. The number of ether oxygens (including phenoxy) is 1. The van der Waals surface area contributed by atoms with Crippen molar-refractivity contribution >= 4 is 11.9 Å². The predicted octanol–water partition coefficient (Wildman–Crippen LogP) is 4.50. The summed E-state index contributed by atoms with van der Waals surface area (Å²) in [5.41, 5.74) is 8.63. The van der Waals surface area contributed by atoms with Crippen molar-refractivity contribution in [1.82, 2.24) is 0 Å². The molecule has 0 fully saturated rings. The number of rotatable bonds is 3. The van der Waals surface area contributed by atoms with Crippen LogP contribution in [0.1, 0.15) is 22.6 Å². The standard InChI is InChI=1S/C23H16FN3O2/c24-16-7-4-8-17(10-16)27-13-15-9-18-21(11-20(15)28)29-23(26)19(12-25)22(18)14-5-2-1-3-6-14/h1-11,13,22,28H,26H2. The van der Waals surface area contributed by atoms with Crippen LogP contribution >= 0.6 is 0 Å². The minimum atomic E-state index is -0.438. The molecule has 0 aliphatic carbocycles. The minimum absolute atomic E-state index is 0.00873. The van der Waals surface area contributed by atoms with Crippen molar-refractivity contribution in [2.75, 3.05) is 0 Å². The topological polar surface area (TPSA) is 91.6 Å². The molecule has 0 saturated carbocycles. The molecule has 6 heteroatoms. The number of aliphatic imine (C=N–C) groups is 1. The van der Waals surface area contributed by atoms with Gasteiger partial charge in [0, 0.05) is 23.4 Å². The van der Waals surface area contributed by atoms with Crippen molar-refractivity contribution in [3.05, 3.63) is 101 Å². The van der Waals surface area contributed by atoms with Crippen LogP contribution in [0.5, 0.6) is 11.5 Å². The first-order valence-corrected chi connectivity index (χ1v) is 8.86. The van der Waals surface area contributed by atoms with E-state index in [0.29, 0.717) is 28.1 Å². The third kappa shape index (κ3) is 3.54. The molecular weight excluding hydrogens is 369 g/mol. The maximum Gasteiger partial charge on any atom is 0.205 e. The highest BCUT2D eigenvalue weighted by Crippen LogP contribution is 2.44. The first-order chi connectivity index (χ1) is 14.1. The van der Waals surface area contributed by atoms with E-state index in [-0.39, 0.29) is 11.6 Å². The van der Waals surface area contributed by atoms with Crippen molar-refractivity contribution in [2.24, 2.45) is 10.7 Å². The van der Waals surface area contributed by atoms with E-state index < -0.39 is 11.7 Å². The van der Waals surface area contributed by atoms with Gasteiger partial charge in [-0.05, 0) is 29.8 Å². The summed E-state index contributed by atoms with van der Waals surface area (Å²) >= 11 is 0. The van der Waals surface area contributed by atoms with Crippen LogP contribution in [0.3, 0.4) is 0 Å². The van der Waals surface area contributed by atoms with Gasteiger partial charge in [-0.3, -0.25) is 4.99 Å². The molecule has 1 unspecified atom stereocenters. The van der Waals surface area contributed by atoms with Gasteiger partial charge in [0.15, 0.2) is 0 Å².